The van der Waals surface area contributed by atoms with Crippen molar-refractivity contribution in [2.24, 2.45) is 29.6 Å². The molecule has 2 aromatic rings. The second kappa shape index (κ2) is 7.93. The second-order valence-corrected chi connectivity index (χ2v) is 10.3. The van der Waals surface area contributed by atoms with E-state index in [1.54, 1.807) is 0 Å². The number of carbonyl (C=O) groups is 1. The van der Waals surface area contributed by atoms with Gasteiger partial charge < -0.3 is 5.32 Å². The molecule has 5 heteroatoms. The van der Waals surface area contributed by atoms with Crippen LogP contribution in [-0.2, 0) is 22.9 Å². The highest BCUT2D eigenvalue weighted by atomic mass is 19.4. The largest absolute Gasteiger partial charge is 0.416 e. The summed E-state index contributed by atoms with van der Waals surface area (Å²) in [5.41, 5.74) is 1.17. The van der Waals surface area contributed by atoms with Gasteiger partial charge in [-0.2, -0.15) is 13.2 Å². The van der Waals surface area contributed by atoms with Crippen LogP contribution in [0.4, 0.5) is 13.2 Å². The van der Waals surface area contributed by atoms with Crippen molar-refractivity contribution in [3.8, 4) is 0 Å². The van der Waals surface area contributed by atoms with E-state index in [4.69, 9.17) is 0 Å². The Bertz CT molecular complexity index is 937. The van der Waals surface area contributed by atoms with Gasteiger partial charge in [-0.05, 0) is 78.5 Å². The third-order valence-electron chi connectivity index (χ3n) is 8.83. The molecule has 4 fully saturated rings. The minimum Gasteiger partial charge on any atom is -0.352 e. The van der Waals surface area contributed by atoms with E-state index in [1.807, 2.05) is 6.07 Å². The molecule has 32 heavy (non-hydrogen) atoms. The predicted molar refractivity (Wildman–Crippen MR) is 118 cm³/mol. The van der Waals surface area contributed by atoms with E-state index in [0.29, 0.717) is 23.8 Å². The Hall–Kier alpha value is -2.30. The molecule has 4 aliphatic carbocycles. The molecule has 0 atom stereocenters. The molecule has 4 aliphatic rings. The Labute approximate surface area is 187 Å². The van der Waals surface area contributed by atoms with Crippen molar-refractivity contribution >= 4 is 5.91 Å². The maximum Gasteiger partial charge on any atom is 0.416 e. The summed E-state index contributed by atoms with van der Waals surface area (Å²) >= 11 is 0. The van der Waals surface area contributed by atoms with Crippen molar-refractivity contribution in [2.75, 3.05) is 0 Å². The lowest BCUT2D eigenvalue weighted by Crippen LogP contribution is -2.59. The van der Waals surface area contributed by atoms with Gasteiger partial charge in [-0.15, -0.1) is 0 Å². The molecule has 4 bridgehead atoms. The average Bonchev–Trinajstić information content (AvgIpc) is 2.76. The summed E-state index contributed by atoms with van der Waals surface area (Å²) in [5, 5.41) is 3.00. The number of hydrogen-bond acceptors (Lipinski definition) is 1. The van der Waals surface area contributed by atoms with Crippen LogP contribution in [0.15, 0.2) is 54.6 Å². The first-order chi connectivity index (χ1) is 15.3. The third-order valence-corrected chi connectivity index (χ3v) is 8.83. The van der Waals surface area contributed by atoms with Crippen LogP contribution in [0.2, 0.25) is 0 Å². The quantitative estimate of drug-likeness (QED) is 0.575. The first-order valence-corrected chi connectivity index (χ1v) is 11.8. The second-order valence-electron chi connectivity index (χ2n) is 10.3. The minimum atomic E-state index is -4.35. The number of nitrogens with one attached hydrogen (secondary N) is 1. The van der Waals surface area contributed by atoms with E-state index >= 15 is 0 Å². The highest BCUT2D eigenvalue weighted by molar-refractivity contribution is 5.78. The number of benzene rings is 2. The van der Waals surface area contributed by atoms with Crippen molar-refractivity contribution in [3.63, 3.8) is 0 Å². The normalized spacial score (nSPS) is 33.3. The van der Waals surface area contributed by atoms with Crippen LogP contribution >= 0.6 is 0 Å². The van der Waals surface area contributed by atoms with Gasteiger partial charge in [0, 0.05) is 18.4 Å². The van der Waals surface area contributed by atoms with Crippen molar-refractivity contribution in [2.45, 2.75) is 57.2 Å². The number of hydrogen-bond donors (Lipinski definition) is 1. The van der Waals surface area contributed by atoms with Crippen LogP contribution in [0.5, 0.6) is 0 Å². The maximum absolute atomic E-state index is 13.2. The summed E-state index contributed by atoms with van der Waals surface area (Å²) in [6.07, 6.45) is 0.927. The molecule has 0 unspecified atom stereocenters. The molecule has 1 amide bonds. The fourth-order valence-electron chi connectivity index (χ4n) is 7.22. The monoisotopic (exact) mass is 441 g/mol. The van der Waals surface area contributed by atoms with Crippen molar-refractivity contribution < 1.29 is 18.0 Å². The molecular weight excluding hydrogens is 411 g/mol. The van der Waals surface area contributed by atoms with Gasteiger partial charge in [-0.3, -0.25) is 4.79 Å². The summed E-state index contributed by atoms with van der Waals surface area (Å²) in [4.78, 5) is 13.2. The van der Waals surface area contributed by atoms with E-state index in [-0.39, 0.29) is 17.9 Å². The highest BCUT2D eigenvalue weighted by Crippen LogP contribution is 2.65. The number of alkyl halides is 3. The first-order valence-electron chi connectivity index (χ1n) is 11.8. The average molecular weight is 442 g/mol. The Kier molecular flexibility index (Phi) is 5.34. The number of carbonyl (C=O) groups excluding carboxylic acids is 1. The molecule has 170 valence electrons. The first kappa shape index (κ1) is 21.5. The van der Waals surface area contributed by atoms with Crippen molar-refractivity contribution in [1.29, 1.82) is 0 Å². The molecule has 2 aromatic carbocycles. The lowest BCUT2D eigenvalue weighted by molar-refractivity contribution is -0.137. The fourth-order valence-corrected chi connectivity index (χ4v) is 7.22. The molecule has 0 heterocycles. The van der Waals surface area contributed by atoms with Crippen molar-refractivity contribution in [3.05, 3.63) is 71.3 Å². The van der Waals surface area contributed by atoms with Crippen molar-refractivity contribution in [1.82, 2.24) is 5.32 Å². The summed E-state index contributed by atoms with van der Waals surface area (Å²) in [6.45, 7) is 2.66. The summed E-state index contributed by atoms with van der Waals surface area (Å²) in [6, 6.07) is 15.6. The smallest absolute Gasteiger partial charge is 0.352 e. The molecular formula is C27H30F3NO. The van der Waals surface area contributed by atoms with E-state index in [9.17, 15) is 18.0 Å². The Morgan fingerprint density at radius 1 is 0.938 bits per heavy atom. The van der Waals surface area contributed by atoms with Crippen LogP contribution in [-0.4, -0.2) is 5.91 Å². The maximum atomic E-state index is 13.2. The standard InChI is InChI=1S/C27H30F3NO/c1-17-19-11-23-13-20(17)14-24(12-19)26(23,21-5-3-2-4-6-21)15-25(32)31-16-18-7-9-22(10-8-18)27(28,29)30/h2-10,17,19-20,23-24H,11-16H2,1H3,(H,31,32). The molecule has 6 rings (SSSR count). The summed E-state index contributed by atoms with van der Waals surface area (Å²) < 4.78 is 38.4. The SMILES string of the molecule is CC1C2CC3CC1CC(C2)C3(CC(=O)NCc1ccc(C(F)(F)F)cc1)c1ccccc1. The molecule has 1 N–H and O–H groups in total. The van der Waals surface area contributed by atoms with Gasteiger partial charge in [0.05, 0.1) is 5.56 Å². The highest BCUT2D eigenvalue weighted by Gasteiger charge is 2.60. The summed E-state index contributed by atoms with van der Waals surface area (Å²) in [7, 11) is 0. The number of rotatable bonds is 5. The zero-order valence-electron chi connectivity index (χ0n) is 18.4. The topological polar surface area (TPSA) is 29.1 Å². The summed E-state index contributed by atoms with van der Waals surface area (Å²) in [5.74, 6) is 3.41. The molecule has 0 spiro atoms. The van der Waals surface area contributed by atoms with E-state index in [2.05, 4.69) is 36.5 Å². The van der Waals surface area contributed by atoms with Crippen LogP contribution in [0.3, 0.4) is 0 Å². The molecule has 0 aromatic heterocycles. The van der Waals surface area contributed by atoms with Crippen LogP contribution < -0.4 is 5.32 Å². The molecule has 0 saturated heterocycles. The molecule has 4 saturated carbocycles. The lowest BCUT2D eigenvalue weighted by Gasteiger charge is -2.63. The third kappa shape index (κ3) is 3.64. The zero-order valence-corrected chi connectivity index (χ0v) is 18.4. The number of halogens is 3. The van der Waals surface area contributed by atoms with Gasteiger partial charge in [0.15, 0.2) is 0 Å². The van der Waals surface area contributed by atoms with Gasteiger partial charge in [0.1, 0.15) is 0 Å². The fraction of sp³-hybridized carbons (Fsp3) is 0.519. The Morgan fingerprint density at radius 2 is 1.50 bits per heavy atom. The molecule has 0 aliphatic heterocycles. The van der Waals surface area contributed by atoms with Crippen LogP contribution in [0.1, 0.15) is 55.7 Å². The molecule has 2 nitrogen and oxygen atoms in total. The van der Waals surface area contributed by atoms with E-state index < -0.39 is 11.7 Å². The predicted octanol–water partition coefficient (Wildman–Crippen LogP) is 6.35. The Morgan fingerprint density at radius 3 is 2.03 bits per heavy atom. The van der Waals surface area contributed by atoms with Gasteiger partial charge in [0.2, 0.25) is 5.91 Å². The van der Waals surface area contributed by atoms with Crippen LogP contribution in [0, 0.1) is 29.6 Å². The van der Waals surface area contributed by atoms with Crippen LogP contribution in [0.25, 0.3) is 0 Å². The van der Waals surface area contributed by atoms with Gasteiger partial charge in [-0.1, -0.05) is 49.4 Å². The van der Waals surface area contributed by atoms with Gasteiger partial charge in [0.25, 0.3) is 0 Å². The minimum absolute atomic E-state index is 0.00530. The Balaban J connectivity index is 1.34. The molecule has 0 radical (unpaired) electrons. The number of amides is 1. The van der Waals surface area contributed by atoms with E-state index in [1.165, 1.54) is 43.4 Å². The lowest BCUT2D eigenvalue weighted by atomic mass is 9.41. The zero-order chi connectivity index (χ0) is 22.5. The van der Waals surface area contributed by atoms with Gasteiger partial charge >= 0.3 is 6.18 Å². The van der Waals surface area contributed by atoms with Gasteiger partial charge in [-0.25, -0.2) is 0 Å². The van der Waals surface area contributed by atoms with E-state index in [0.717, 1.165) is 29.9 Å².